The summed E-state index contributed by atoms with van der Waals surface area (Å²) in [6, 6.07) is 12.6. The first-order valence-electron chi connectivity index (χ1n) is 7.71. The van der Waals surface area contributed by atoms with Crippen molar-refractivity contribution in [3.05, 3.63) is 64.2 Å². The van der Waals surface area contributed by atoms with Crippen LogP contribution in [0.1, 0.15) is 17.3 Å². The maximum Gasteiger partial charge on any atom is 0.339 e. The Labute approximate surface area is 150 Å². The highest BCUT2D eigenvalue weighted by Gasteiger charge is 2.25. The molecular formula is C18H18N2O6. The van der Waals surface area contributed by atoms with Crippen LogP contribution in [0.4, 0.5) is 11.4 Å². The molecule has 0 bridgehead atoms. The third kappa shape index (κ3) is 4.15. The van der Waals surface area contributed by atoms with E-state index < -0.39 is 22.9 Å². The number of para-hydroxylation sites is 1. The average Bonchev–Trinajstić information content (AvgIpc) is 2.66. The van der Waals surface area contributed by atoms with Gasteiger partial charge in [0.05, 0.1) is 17.6 Å². The van der Waals surface area contributed by atoms with E-state index in [2.05, 4.69) is 0 Å². The minimum Gasteiger partial charge on any atom is -0.490 e. The molecule has 8 nitrogen and oxygen atoms in total. The highest BCUT2D eigenvalue weighted by atomic mass is 16.6. The van der Waals surface area contributed by atoms with Crippen molar-refractivity contribution in [1.82, 2.24) is 0 Å². The zero-order valence-electron chi connectivity index (χ0n) is 14.5. The van der Waals surface area contributed by atoms with Gasteiger partial charge < -0.3 is 14.4 Å². The normalized spacial score (nSPS) is 11.3. The van der Waals surface area contributed by atoms with Gasteiger partial charge in [-0.25, -0.2) is 4.79 Å². The number of nitrogens with zero attached hydrogens (tertiary/aromatic N) is 2. The van der Waals surface area contributed by atoms with Gasteiger partial charge in [-0.1, -0.05) is 18.2 Å². The predicted molar refractivity (Wildman–Crippen MR) is 94.4 cm³/mol. The minimum absolute atomic E-state index is 0.0273. The molecule has 0 fully saturated rings. The summed E-state index contributed by atoms with van der Waals surface area (Å²) in [5, 5.41) is 11.0. The van der Waals surface area contributed by atoms with Gasteiger partial charge in [-0.3, -0.25) is 14.9 Å². The number of nitro benzene ring substituents is 1. The van der Waals surface area contributed by atoms with Crippen molar-refractivity contribution in [3.63, 3.8) is 0 Å². The molecule has 0 saturated heterocycles. The van der Waals surface area contributed by atoms with Crippen molar-refractivity contribution in [1.29, 1.82) is 0 Å². The van der Waals surface area contributed by atoms with Crippen LogP contribution in [-0.2, 0) is 9.53 Å². The Hall–Kier alpha value is -3.42. The number of likely N-dealkylation sites (N-methyl/N-ethyl adjacent to an activating group) is 1. The molecule has 1 amide bonds. The van der Waals surface area contributed by atoms with Gasteiger partial charge in [-0.2, -0.15) is 0 Å². The van der Waals surface area contributed by atoms with Crippen LogP contribution >= 0.6 is 0 Å². The zero-order chi connectivity index (χ0) is 19.3. The van der Waals surface area contributed by atoms with E-state index in [9.17, 15) is 19.7 Å². The van der Waals surface area contributed by atoms with Crippen molar-refractivity contribution in [3.8, 4) is 5.75 Å². The van der Waals surface area contributed by atoms with Crippen LogP contribution in [0.5, 0.6) is 5.75 Å². The van der Waals surface area contributed by atoms with Crippen LogP contribution in [0.2, 0.25) is 0 Å². The summed E-state index contributed by atoms with van der Waals surface area (Å²) in [5.74, 6) is -1.23. The number of hydrogen-bond donors (Lipinski definition) is 0. The summed E-state index contributed by atoms with van der Waals surface area (Å²) < 4.78 is 10.0. The van der Waals surface area contributed by atoms with E-state index in [1.165, 1.54) is 31.1 Å². The molecule has 0 aromatic heterocycles. The van der Waals surface area contributed by atoms with Crippen LogP contribution in [0.3, 0.4) is 0 Å². The molecule has 0 aliphatic carbocycles. The van der Waals surface area contributed by atoms with E-state index in [0.717, 1.165) is 6.07 Å². The molecule has 0 heterocycles. The number of hydrogen-bond acceptors (Lipinski definition) is 6. The molecule has 8 heteroatoms. The first kappa shape index (κ1) is 18.9. The summed E-state index contributed by atoms with van der Waals surface area (Å²) in [6.45, 7) is 1.44. The van der Waals surface area contributed by atoms with Gasteiger partial charge in [0.1, 0.15) is 0 Å². The number of rotatable bonds is 6. The Balaban J connectivity index is 2.12. The van der Waals surface area contributed by atoms with Crippen LogP contribution in [0.15, 0.2) is 48.5 Å². The third-order valence-corrected chi connectivity index (χ3v) is 3.72. The second-order valence-electron chi connectivity index (χ2n) is 5.42. The number of esters is 1. The summed E-state index contributed by atoms with van der Waals surface area (Å²) in [5.41, 5.74) is 0.252. The van der Waals surface area contributed by atoms with Gasteiger partial charge in [0, 0.05) is 18.8 Å². The summed E-state index contributed by atoms with van der Waals surface area (Å²) in [6.07, 6.45) is -1.06. The minimum atomic E-state index is -1.06. The molecule has 26 heavy (non-hydrogen) atoms. The monoisotopic (exact) mass is 358 g/mol. The van der Waals surface area contributed by atoms with E-state index in [1.807, 2.05) is 6.07 Å². The number of amides is 1. The molecule has 0 radical (unpaired) electrons. The Morgan fingerprint density at radius 3 is 2.38 bits per heavy atom. The fourth-order valence-corrected chi connectivity index (χ4v) is 2.29. The van der Waals surface area contributed by atoms with Gasteiger partial charge in [0.15, 0.2) is 11.9 Å². The van der Waals surface area contributed by atoms with Crippen LogP contribution in [-0.4, -0.2) is 37.1 Å². The molecule has 136 valence electrons. The van der Waals surface area contributed by atoms with E-state index >= 15 is 0 Å². The molecule has 0 spiro atoms. The molecule has 0 unspecified atom stereocenters. The van der Waals surface area contributed by atoms with Gasteiger partial charge in [0.25, 0.3) is 5.91 Å². The Morgan fingerprint density at radius 1 is 1.15 bits per heavy atom. The average molecular weight is 358 g/mol. The lowest BCUT2D eigenvalue weighted by Gasteiger charge is -2.21. The van der Waals surface area contributed by atoms with Crippen LogP contribution in [0, 0.1) is 10.1 Å². The maximum atomic E-state index is 12.4. The molecule has 2 aromatic carbocycles. The van der Waals surface area contributed by atoms with Gasteiger partial charge in [-0.15, -0.1) is 0 Å². The smallest absolute Gasteiger partial charge is 0.339 e. The van der Waals surface area contributed by atoms with Crippen molar-refractivity contribution >= 4 is 23.3 Å². The Bertz CT molecular complexity index is 822. The molecule has 0 saturated carbocycles. The number of carbonyl (C=O) groups is 2. The van der Waals surface area contributed by atoms with E-state index in [0.29, 0.717) is 5.69 Å². The first-order chi connectivity index (χ1) is 12.3. The number of carbonyl (C=O) groups excluding carboxylic acids is 2. The highest BCUT2D eigenvalue weighted by Crippen LogP contribution is 2.28. The van der Waals surface area contributed by atoms with Crippen molar-refractivity contribution < 1.29 is 24.0 Å². The fourth-order valence-electron chi connectivity index (χ4n) is 2.29. The van der Waals surface area contributed by atoms with Gasteiger partial charge >= 0.3 is 11.7 Å². The molecule has 0 aliphatic heterocycles. The molecular weight excluding hydrogens is 340 g/mol. The van der Waals surface area contributed by atoms with Gasteiger partial charge in [0.2, 0.25) is 0 Å². The van der Waals surface area contributed by atoms with Crippen molar-refractivity contribution in [2.75, 3.05) is 19.1 Å². The van der Waals surface area contributed by atoms with E-state index in [4.69, 9.17) is 9.47 Å². The molecule has 1 atom stereocenters. The first-order valence-corrected chi connectivity index (χ1v) is 7.71. The van der Waals surface area contributed by atoms with Crippen molar-refractivity contribution in [2.24, 2.45) is 0 Å². The van der Waals surface area contributed by atoms with E-state index in [-0.39, 0.29) is 17.0 Å². The lowest BCUT2D eigenvalue weighted by molar-refractivity contribution is -0.385. The lowest BCUT2D eigenvalue weighted by atomic mass is 10.2. The molecule has 0 aliphatic rings. The predicted octanol–water partition coefficient (Wildman–Crippen LogP) is 2.81. The SMILES string of the molecule is COc1ccc(C(=O)O[C@H](C)C(=O)N(C)c2ccccc2)cc1[N+](=O)[O-]. The van der Waals surface area contributed by atoms with Crippen LogP contribution in [0.25, 0.3) is 0 Å². The second kappa shape index (κ2) is 8.11. The van der Waals surface area contributed by atoms with Crippen LogP contribution < -0.4 is 9.64 Å². The number of benzene rings is 2. The third-order valence-electron chi connectivity index (χ3n) is 3.72. The second-order valence-corrected chi connectivity index (χ2v) is 5.42. The summed E-state index contributed by atoms with van der Waals surface area (Å²) in [4.78, 5) is 36.4. The molecule has 0 N–H and O–H groups in total. The standard InChI is InChI=1S/C18H18N2O6/c1-12(17(21)19(2)14-7-5-4-6-8-14)26-18(22)13-9-10-16(25-3)15(11-13)20(23)24/h4-12H,1-3H3/t12-/m1/s1. The topological polar surface area (TPSA) is 99.0 Å². The lowest BCUT2D eigenvalue weighted by Crippen LogP contribution is -2.37. The largest absolute Gasteiger partial charge is 0.490 e. The molecule has 2 rings (SSSR count). The number of nitro groups is 1. The zero-order valence-corrected chi connectivity index (χ0v) is 14.5. The van der Waals surface area contributed by atoms with Gasteiger partial charge in [-0.05, 0) is 31.2 Å². The van der Waals surface area contributed by atoms with E-state index in [1.54, 1.807) is 31.3 Å². The van der Waals surface area contributed by atoms with Crippen molar-refractivity contribution in [2.45, 2.75) is 13.0 Å². The Kier molecular flexibility index (Phi) is 5.90. The number of ether oxygens (including phenoxy) is 2. The number of methoxy groups -OCH3 is 1. The quantitative estimate of drug-likeness (QED) is 0.447. The fraction of sp³-hybridized carbons (Fsp3) is 0.222. The molecule has 2 aromatic rings. The number of anilines is 1. The summed E-state index contributed by atoms with van der Waals surface area (Å²) in [7, 11) is 2.86. The summed E-state index contributed by atoms with van der Waals surface area (Å²) >= 11 is 0. The maximum absolute atomic E-state index is 12.4. The highest BCUT2D eigenvalue weighted by molar-refractivity contribution is 5.98. The Morgan fingerprint density at radius 2 is 1.81 bits per heavy atom.